The summed E-state index contributed by atoms with van der Waals surface area (Å²) in [6.07, 6.45) is 4.34. The molecule has 1 aromatic heterocycles. The predicted molar refractivity (Wildman–Crippen MR) is 76.2 cm³/mol. The Bertz CT molecular complexity index is 669. The fourth-order valence-corrected chi connectivity index (χ4v) is 3.52. The van der Waals surface area contributed by atoms with E-state index in [0.29, 0.717) is 22.1 Å². The molecule has 0 radical (unpaired) electrons. The van der Waals surface area contributed by atoms with Crippen molar-refractivity contribution in [2.24, 2.45) is 5.92 Å². The van der Waals surface area contributed by atoms with Gasteiger partial charge in [-0.15, -0.1) is 0 Å². The SMILES string of the molecule is CC1=CC2c3c([nH]c(=S)[nH]c3=O)OC(C)(C)C2CC1. The van der Waals surface area contributed by atoms with Crippen molar-refractivity contribution >= 4 is 12.2 Å². The van der Waals surface area contributed by atoms with E-state index in [9.17, 15) is 4.79 Å². The summed E-state index contributed by atoms with van der Waals surface area (Å²) in [5.41, 5.74) is 1.61. The van der Waals surface area contributed by atoms with Gasteiger partial charge in [-0.1, -0.05) is 11.6 Å². The monoisotopic (exact) mass is 278 g/mol. The maximum atomic E-state index is 12.2. The highest BCUT2D eigenvalue weighted by Gasteiger charge is 2.45. The Morgan fingerprint density at radius 2 is 2.16 bits per heavy atom. The van der Waals surface area contributed by atoms with E-state index in [4.69, 9.17) is 17.0 Å². The molecule has 2 aliphatic rings. The molecule has 1 aliphatic carbocycles. The molecule has 1 aliphatic heterocycles. The highest BCUT2D eigenvalue weighted by atomic mass is 32.1. The molecular formula is C14H18N2O2S. The molecule has 102 valence electrons. The second kappa shape index (κ2) is 4.07. The zero-order valence-corrected chi connectivity index (χ0v) is 12.2. The van der Waals surface area contributed by atoms with Gasteiger partial charge in [0.15, 0.2) is 4.77 Å². The van der Waals surface area contributed by atoms with Crippen molar-refractivity contribution in [3.8, 4) is 5.88 Å². The van der Waals surface area contributed by atoms with E-state index < -0.39 is 0 Å². The van der Waals surface area contributed by atoms with Gasteiger partial charge in [0.2, 0.25) is 5.88 Å². The number of aromatic nitrogens is 2. The van der Waals surface area contributed by atoms with Gasteiger partial charge in [0.25, 0.3) is 5.56 Å². The van der Waals surface area contributed by atoms with Gasteiger partial charge in [0, 0.05) is 11.8 Å². The number of hydrogen-bond donors (Lipinski definition) is 2. The molecule has 0 aromatic carbocycles. The van der Waals surface area contributed by atoms with E-state index >= 15 is 0 Å². The summed E-state index contributed by atoms with van der Waals surface area (Å²) in [6.45, 7) is 6.29. The third-order valence-corrected chi connectivity index (χ3v) is 4.49. The van der Waals surface area contributed by atoms with Crippen LogP contribution >= 0.6 is 12.2 Å². The number of aromatic amines is 2. The van der Waals surface area contributed by atoms with Crippen LogP contribution in [0.1, 0.15) is 45.1 Å². The van der Waals surface area contributed by atoms with Crippen LogP contribution < -0.4 is 10.3 Å². The Morgan fingerprint density at radius 1 is 1.42 bits per heavy atom. The third kappa shape index (κ3) is 1.96. The lowest BCUT2D eigenvalue weighted by Crippen LogP contribution is -2.47. The van der Waals surface area contributed by atoms with E-state index in [2.05, 4.69) is 36.8 Å². The number of H-pyrrole nitrogens is 2. The zero-order valence-electron chi connectivity index (χ0n) is 11.4. The highest BCUT2D eigenvalue weighted by molar-refractivity contribution is 7.71. The Kier molecular flexibility index (Phi) is 2.71. The van der Waals surface area contributed by atoms with Gasteiger partial charge in [-0.2, -0.15) is 0 Å². The number of nitrogens with one attached hydrogen (secondary N) is 2. The summed E-state index contributed by atoms with van der Waals surface area (Å²) in [4.78, 5) is 17.9. The molecule has 2 heterocycles. The van der Waals surface area contributed by atoms with E-state index in [1.54, 1.807) is 0 Å². The second-order valence-electron chi connectivity index (χ2n) is 6.04. The minimum atomic E-state index is -0.291. The maximum absolute atomic E-state index is 12.2. The summed E-state index contributed by atoms with van der Waals surface area (Å²) >= 11 is 5.02. The number of allylic oxidation sites excluding steroid dienone is 2. The first kappa shape index (κ1) is 12.7. The molecule has 2 atom stereocenters. The van der Waals surface area contributed by atoms with E-state index in [-0.39, 0.29) is 17.1 Å². The van der Waals surface area contributed by atoms with E-state index in [1.165, 1.54) is 5.57 Å². The smallest absolute Gasteiger partial charge is 0.259 e. The van der Waals surface area contributed by atoms with Crippen LogP contribution in [-0.4, -0.2) is 15.6 Å². The molecule has 1 aromatic rings. The third-order valence-electron chi connectivity index (χ3n) is 4.28. The molecule has 4 nitrogen and oxygen atoms in total. The number of rotatable bonds is 0. The van der Waals surface area contributed by atoms with Crippen molar-refractivity contribution in [2.75, 3.05) is 0 Å². The summed E-state index contributed by atoms with van der Waals surface area (Å²) in [7, 11) is 0. The average molecular weight is 278 g/mol. The molecular weight excluding hydrogens is 260 g/mol. The van der Waals surface area contributed by atoms with Crippen molar-refractivity contribution in [3.05, 3.63) is 32.3 Å². The Hall–Kier alpha value is -1.36. The standard InChI is InChI=1S/C14H18N2O2S/c1-7-4-5-9-8(6-7)10-11(17)15-13(19)16-12(10)18-14(9,2)3/h6,8-9H,4-5H2,1-3H3,(H2,15,16,17,19). The molecule has 0 spiro atoms. The van der Waals surface area contributed by atoms with Crippen molar-refractivity contribution in [3.63, 3.8) is 0 Å². The molecule has 0 amide bonds. The van der Waals surface area contributed by atoms with Crippen LogP contribution in [0.3, 0.4) is 0 Å². The minimum absolute atomic E-state index is 0.114. The Morgan fingerprint density at radius 3 is 2.89 bits per heavy atom. The van der Waals surface area contributed by atoms with Crippen LogP contribution in [-0.2, 0) is 0 Å². The van der Waals surface area contributed by atoms with Crippen molar-refractivity contribution in [1.29, 1.82) is 0 Å². The molecule has 0 saturated carbocycles. The largest absolute Gasteiger partial charge is 0.472 e. The maximum Gasteiger partial charge on any atom is 0.259 e. The van der Waals surface area contributed by atoms with Crippen molar-refractivity contribution in [1.82, 2.24) is 9.97 Å². The lowest BCUT2D eigenvalue weighted by Gasteiger charge is -2.45. The zero-order chi connectivity index (χ0) is 13.8. The van der Waals surface area contributed by atoms with Gasteiger partial charge >= 0.3 is 0 Å². The second-order valence-corrected chi connectivity index (χ2v) is 6.45. The van der Waals surface area contributed by atoms with Gasteiger partial charge in [0.1, 0.15) is 5.60 Å². The van der Waals surface area contributed by atoms with E-state index in [0.717, 1.165) is 12.8 Å². The lowest BCUT2D eigenvalue weighted by molar-refractivity contribution is 0.00601. The lowest BCUT2D eigenvalue weighted by atomic mass is 9.69. The Balaban J connectivity index is 2.27. The molecule has 3 rings (SSSR count). The topological polar surface area (TPSA) is 57.9 Å². The fraction of sp³-hybridized carbons (Fsp3) is 0.571. The van der Waals surface area contributed by atoms with Crippen LogP contribution in [0.4, 0.5) is 0 Å². The summed E-state index contributed by atoms with van der Waals surface area (Å²) in [5, 5.41) is 0. The van der Waals surface area contributed by atoms with Gasteiger partial charge in [0.05, 0.1) is 5.56 Å². The minimum Gasteiger partial charge on any atom is -0.472 e. The highest BCUT2D eigenvalue weighted by Crippen LogP contribution is 2.48. The summed E-state index contributed by atoms with van der Waals surface area (Å²) in [6, 6.07) is 0. The molecule has 0 bridgehead atoms. The van der Waals surface area contributed by atoms with Crippen LogP contribution in [0, 0.1) is 10.7 Å². The van der Waals surface area contributed by atoms with Crippen LogP contribution in [0.15, 0.2) is 16.4 Å². The molecule has 5 heteroatoms. The first-order valence-corrected chi connectivity index (χ1v) is 7.02. The average Bonchev–Trinajstić information content (AvgIpc) is 2.25. The van der Waals surface area contributed by atoms with Gasteiger partial charge in [-0.25, -0.2) is 0 Å². The van der Waals surface area contributed by atoms with Crippen LogP contribution in [0.5, 0.6) is 5.88 Å². The normalized spacial score (nSPS) is 27.8. The molecule has 0 fully saturated rings. The molecule has 0 saturated heterocycles. The first-order chi connectivity index (χ1) is 8.88. The Labute approximate surface area is 116 Å². The van der Waals surface area contributed by atoms with Crippen molar-refractivity contribution in [2.45, 2.75) is 45.1 Å². The molecule has 19 heavy (non-hydrogen) atoms. The fourth-order valence-electron chi connectivity index (χ4n) is 3.33. The number of ether oxygens (including phenoxy) is 1. The quantitative estimate of drug-likeness (QED) is 0.566. The van der Waals surface area contributed by atoms with Crippen LogP contribution in [0.2, 0.25) is 0 Å². The number of hydrogen-bond acceptors (Lipinski definition) is 3. The first-order valence-electron chi connectivity index (χ1n) is 6.61. The van der Waals surface area contributed by atoms with E-state index in [1.807, 2.05) is 0 Å². The molecule has 2 unspecified atom stereocenters. The van der Waals surface area contributed by atoms with Crippen molar-refractivity contribution < 1.29 is 4.74 Å². The van der Waals surface area contributed by atoms with Crippen LogP contribution in [0.25, 0.3) is 0 Å². The summed E-state index contributed by atoms with van der Waals surface area (Å²) in [5.74, 6) is 0.975. The molecule has 2 N–H and O–H groups in total. The predicted octanol–water partition coefficient (Wildman–Crippen LogP) is 3.04. The van der Waals surface area contributed by atoms with Gasteiger partial charge < -0.3 is 9.72 Å². The van der Waals surface area contributed by atoms with Gasteiger partial charge in [-0.3, -0.25) is 9.78 Å². The number of fused-ring (bicyclic) bond motifs is 3. The summed E-state index contributed by atoms with van der Waals surface area (Å²) < 4.78 is 6.33. The van der Waals surface area contributed by atoms with Gasteiger partial charge in [-0.05, 0) is 45.8 Å².